The maximum Gasteiger partial charge on any atom is 0.253 e. The summed E-state index contributed by atoms with van der Waals surface area (Å²) < 4.78 is 5.16. The number of methoxy groups -OCH3 is 1. The van der Waals surface area contributed by atoms with Gasteiger partial charge in [-0.1, -0.05) is 23.9 Å². The first-order valence-corrected chi connectivity index (χ1v) is 9.05. The number of carbonyl (C=O) groups is 1. The van der Waals surface area contributed by atoms with Crippen LogP contribution < -0.4 is 4.74 Å². The number of nitrogens with zero attached hydrogens (tertiary/aromatic N) is 3. The molecule has 0 aliphatic rings. The molecular formula is C19H20N4O2S. The van der Waals surface area contributed by atoms with E-state index in [1.54, 1.807) is 37.9 Å². The molecular weight excluding hydrogens is 348 g/mol. The average molecular weight is 368 g/mol. The van der Waals surface area contributed by atoms with Gasteiger partial charge >= 0.3 is 0 Å². The summed E-state index contributed by atoms with van der Waals surface area (Å²) in [5.74, 6) is 2.26. The smallest absolute Gasteiger partial charge is 0.253 e. The first kappa shape index (κ1) is 18.0. The van der Waals surface area contributed by atoms with Gasteiger partial charge in [-0.3, -0.25) is 9.89 Å². The number of hydrogen-bond donors (Lipinski definition) is 1. The fraction of sp³-hybridized carbons (Fsp3) is 0.211. The summed E-state index contributed by atoms with van der Waals surface area (Å²) in [4.78, 5) is 18.0. The van der Waals surface area contributed by atoms with E-state index in [1.807, 2.05) is 48.5 Å². The lowest BCUT2D eigenvalue weighted by Gasteiger charge is -2.10. The number of aromatic amines is 1. The van der Waals surface area contributed by atoms with Crippen molar-refractivity contribution >= 4 is 17.7 Å². The lowest BCUT2D eigenvalue weighted by molar-refractivity contribution is 0.0827. The molecule has 0 saturated heterocycles. The Morgan fingerprint density at radius 3 is 2.42 bits per heavy atom. The molecule has 0 fully saturated rings. The summed E-state index contributed by atoms with van der Waals surface area (Å²) in [6, 6.07) is 15.3. The zero-order valence-corrected chi connectivity index (χ0v) is 15.7. The SMILES string of the molecule is COc1ccc(-c2nc(SCc3ccc(C(=O)N(C)C)cc3)n[nH]2)cc1. The molecule has 0 spiro atoms. The largest absolute Gasteiger partial charge is 0.497 e. The lowest BCUT2D eigenvalue weighted by Crippen LogP contribution is -2.21. The van der Waals surface area contributed by atoms with Gasteiger partial charge in [-0.2, -0.15) is 0 Å². The molecule has 0 aliphatic heterocycles. The summed E-state index contributed by atoms with van der Waals surface area (Å²) in [6.07, 6.45) is 0. The van der Waals surface area contributed by atoms with Crippen LogP contribution in [0.5, 0.6) is 5.75 Å². The lowest BCUT2D eigenvalue weighted by atomic mass is 10.1. The maximum absolute atomic E-state index is 11.9. The number of carbonyl (C=O) groups excluding carboxylic acids is 1. The van der Waals surface area contributed by atoms with Crippen LogP contribution >= 0.6 is 11.8 Å². The molecule has 0 aliphatic carbocycles. The third-order valence-electron chi connectivity index (χ3n) is 3.80. The van der Waals surface area contributed by atoms with Crippen molar-refractivity contribution in [3.8, 4) is 17.1 Å². The van der Waals surface area contributed by atoms with Gasteiger partial charge in [-0.25, -0.2) is 4.98 Å². The third kappa shape index (κ3) is 4.23. The van der Waals surface area contributed by atoms with Crippen molar-refractivity contribution in [2.24, 2.45) is 0 Å². The van der Waals surface area contributed by atoms with E-state index in [-0.39, 0.29) is 5.91 Å². The van der Waals surface area contributed by atoms with E-state index < -0.39 is 0 Å². The zero-order chi connectivity index (χ0) is 18.5. The second-order valence-electron chi connectivity index (χ2n) is 5.88. The van der Waals surface area contributed by atoms with Gasteiger partial charge in [0.1, 0.15) is 5.75 Å². The molecule has 1 heterocycles. The second kappa shape index (κ2) is 8.05. The number of amides is 1. The Bertz CT molecular complexity index is 873. The quantitative estimate of drug-likeness (QED) is 0.675. The van der Waals surface area contributed by atoms with E-state index in [2.05, 4.69) is 15.2 Å². The van der Waals surface area contributed by atoms with Crippen molar-refractivity contribution in [1.82, 2.24) is 20.1 Å². The molecule has 1 N–H and O–H groups in total. The molecule has 2 aromatic carbocycles. The Morgan fingerprint density at radius 1 is 1.12 bits per heavy atom. The summed E-state index contributed by atoms with van der Waals surface area (Å²) in [6.45, 7) is 0. The van der Waals surface area contributed by atoms with E-state index in [1.165, 1.54) is 0 Å². The summed E-state index contributed by atoms with van der Waals surface area (Å²) in [5.41, 5.74) is 2.75. The minimum Gasteiger partial charge on any atom is -0.497 e. The molecule has 0 bridgehead atoms. The van der Waals surface area contributed by atoms with Crippen LogP contribution in [-0.2, 0) is 5.75 Å². The van der Waals surface area contributed by atoms with Gasteiger partial charge in [0.15, 0.2) is 5.82 Å². The Balaban J connectivity index is 1.61. The molecule has 1 aromatic heterocycles. The average Bonchev–Trinajstić information content (AvgIpc) is 3.15. The summed E-state index contributed by atoms with van der Waals surface area (Å²) in [7, 11) is 5.13. The van der Waals surface area contributed by atoms with Crippen LogP contribution in [0.2, 0.25) is 0 Å². The molecule has 3 aromatic rings. The van der Waals surface area contributed by atoms with Crippen LogP contribution in [0.1, 0.15) is 15.9 Å². The Labute approximate surface area is 156 Å². The van der Waals surface area contributed by atoms with E-state index >= 15 is 0 Å². The fourth-order valence-electron chi connectivity index (χ4n) is 2.34. The van der Waals surface area contributed by atoms with Gasteiger partial charge in [-0.15, -0.1) is 5.10 Å². The van der Waals surface area contributed by atoms with Crippen molar-refractivity contribution in [1.29, 1.82) is 0 Å². The van der Waals surface area contributed by atoms with E-state index in [9.17, 15) is 4.79 Å². The Kier molecular flexibility index (Phi) is 5.58. The van der Waals surface area contributed by atoms with Crippen LogP contribution in [0.3, 0.4) is 0 Å². The molecule has 26 heavy (non-hydrogen) atoms. The van der Waals surface area contributed by atoms with Gasteiger partial charge in [0.2, 0.25) is 5.16 Å². The number of thioether (sulfide) groups is 1. The van der Waals surface area contributed by atoms with Crippen molar-refractivity contribution < 1.29 is 9.53 Å². The molecule has 0 atom stereocenters. The molecule has 1 amide bonds. The normalized spacial score (nSPS) is 10.6. The topological polar surface area (TPSA) is 71.1 Å². The van der Waals surface area contributed by atoms with Crippen molar-refractivity contribution in [3.63, 3.8) is 0 Å². The molecule has 134 valence electrons. The van der Waals surface area contributed by atoms with Gasteiger partial charge in [0.25, 0.3) is 5.91 Å². The highest BCUT2D eigenvalue weighted by Gasteiger charge is 2.09. The highest BCUT2D eigenvalue weighted by atomic mass is 32.2. The van der Waals surface area contributed by atoms with Crippen molar-refractivity contribution in [3.05, 3.63) is 59.7 Å². The fourth-order valence-corrected chi connectivity index (χ4v) is 3.09. The molecule has 6 nitrogen and oxygen atoms in total. The molecule has 7 heteroatoms. The van der Waals surface area contributed by atoms with E-state index in [0.717, 1.165) is 28.5 Å². The number of aromatic nitrogens is 3. The predicted molar refractivity (Wildman–Crippen MR) is 102 cm³/mol. The first-order chi connectivity index (χ1) is 12.6. The van der Waals surface area contributed by atoms with E-state index in [0.29, 0.717) is 10.7 Å². The van der Waals surface area contributed by atoms with Crippen LogP contribution in [0.25, 0.3) is 11.4 Å². The maximum atomic E-state index is 11.9. The van der Waals surface area contributed by atoms with Crippen molar-refractivity contribution in [2.45, 2.75) is 10.9 Å². The third-order valence-corrected chi connectivity index (χ3v) is 4.72. The standard InChI is InChI=1S/C19H20N4O2S/c1-23(2)18(24)15-6-4-13(5-7-15)12-26-19-20-17(21-22-19)14-8-10-16(25-3)11-9-14/h4-11H,12H2,1-3H3,(H,20,21,22). The summed E-state index contributed by atoms with van der Waals surface area (Å²) in [5, 5.41) is 7.90. The monoisotopic (exact) mass is 368 g/mol. The number of H-pyrrole nitrogens is 1. The van der Waals surface area contributed by atoms with Crippen molar-refractivity contribution in [2.75, 3.05) is 21.2 Å². The van der Waals surface area contributed by atoms with E-state index in [4.69, 9.17) is 4.74 Å². The molecule has 3 rings (SSSR count). The Morgan fingerprint density at radius 2 is 1.81 bits per heavy atom. The second-order valence-corrected chi connectivity index (χ2v) is 6.82. The zero-order valence-electron chi connectivity index (χ0n) is 14.9. The van der Waals surface area contributed by atoms with Gasteiger partial charge in [0, 0.05) is 31.0 Å². The molecule has 0 saturated carbocycles. The van der Waals surface area contributed by atoms with Gasteiger partial charge in [-0.05, 0) is 42.0 Å². The number of rotatable bonds is 6. The van der Waals surface area contributed by atoms with Gasteiger partial charge in [0.05, 0.1) is 7.11 Å². The number of ether oxygens (including phenoxy) is 1. The van der Waals surface area contributed by atoms with Gasteiger partial charge < -0.3 is 9.64 Å². The predicted octanol–water partition coefficient (Wildman–Crippen LogP) is 3.47. The van der Waals surface area contributed by atoms with Crippen LogP contribution in [-0.4, -0.2) is 47.2 Å². The highest BCUT2D eigenvalue weighted by molar-refractivity contribution is 7.98. The summed E-state index contributed by atoms with van der Waals surface area (Å²) >= 11 is 1.54. The molecule has 0 unspecified atom stereocenters. The van der Waals surface area contributed by atoms with Crippen LogP contribution in [0.15, 0.2) is 53.7 Å². The number of nitrogens with one attached hydrogen (secondary N) is 1. The minimum atomic E-state index is 0.00213. The highest BCUT2D eigenvalue weighted by Crippen LogP contribution is 2.24. The Hall–Kier alpha value is -2.80. The number of benzene rings is 2. The molecule has 0 radical (unpaired) electrons. The van der Waals surface area contributed by atoms with Crippen LogP contribution in [0.4, 0.5) is 0 Å². The minimum absolute atomic E-state index is 0.00213. The number of hydrogen-bond acceptors (Lipinski definition) is 5. The first-order valence-electron chi connectivity index (χ1n) is 8.07. The van der Waals surface area contributed by atoms with Crippen LogP contribution in [0, 0.1) is 0 Å².